The molecule has 7 nitrogen and oxygen atoms in total. The van der Waals surface area contributed by atoms with E-state index in [1.54, 1.807) is 30.3 Å². The SMILES string of the molecule is Cc1cc(/C(O)=C2/C(=O)C(=O)N(c3ccc(N4CCCC4)cc3)C2c2ccc(O)cc2)ccc1OCc1ccccc1. The third-order valence-electron chi connectivity index (χ3n) is 7.94. The fraction of sp³-hybridized carbons (Fsp3) is 0.200. The monoisotopic (exact) mass is 560 g/mol. The quantitative estimate of drug-likeness (QED) is 0.152. The molecule has 1 atom stereocenters. The number of anilines is 2. The number of Topliss-reactive ketones (excluding diaryl/α,β-unsaturated/α-hetero) is 1. The third kappa shape index (κ3) is 5.21. The van der Waals surface area contributed by atoms with Crippen LogP contribution in [0.15, 0.2) is 103 Å². The first kappa shape index (κ1) is 27.1. The molecule has 2 N–H and O–H groups in total. The van der Waals surface area contributed by atoms with Crippen LogP contribution >= 0.6 is 0 Å². The first-order valence-electron chi connectivity index (χ1n) is 14.1. The summed E-state index contributed by atoms with van der Waals surface area (Å²) in [5.41, 5.74) is 4.43. The average molecular weight is 561 g/mol. The second-order valence-electron chi connectivity index (χ2n) is 10.7. The largest absolute Gasteiger partial charge is 0.508 e. The van der Waals surface area contributed by atoms with E-state index in [4.69, 9.17) is 4.74 Å². The predicted octanol–water partition coefficient (Wildman–Crippen LogP) is 6.51. The lowest BCUT2D eigenvalue weighted by Crippen LogP contribution is -2.29. The van der Waals surface area contributed by atoms with Gasteiger partial charge >= 0.3 is 0 Å². The topological polar surface area (TPSA) is 90.3 Å². The number of aliphatic hydroxyl groups is 1. The number of phenols is 1. The maximum absolute atomic E-state index is 13.6. The van der Waals surface area contributed by atoms with Crippen molar-refractivity contribution in [2.75, 3.05) is 22.9 Å². The summed E-state index contributed by atoms with van der Waals surface area (Å²) in [7, 11) is 0. The van der Waals surface area contributed by atoms with Crippen LogP contribution in [0.1, 0.15) is 41.1 Å². The van der Waals surface area contributed by atoms with Crippen molar-refractivity contribution in [1.29, 1.82) is 0 Å². The van der Waals surface area contributed by atoms with Gasteiger partial charge in [0.15, 0.2) is 0 Å². The number of hydrogen-bond donors (Lipinski definition) is 2. The third-order valence-corrected chi connectivity index (χ3v) is 7.94. The Hall–Kier alpha value is -5.04. The molecule has 2 fully saturated rings. The summed E-state index contributed by atoms with van der Waals surface area (Å²) >= 11 is 0. The van der Waals surface area contributed by atoms with Crippen LogP contribution in [-0.4, -0.2) is 35.0 Å². The van der Waals surface area contributed by atoms with Gasteiger partial charge in [-0.25, -0.2) is 0 Å². The van der Waals surface area contributed by atoms with E-state index in [9.17, 15) is 19.8 Å². The van der Waals surface area contributed by atoms with Crippen molar-refractivity contribution in [1.82, 2.24) is 0 Å². The van der Waals surface area contributed by atoms with Crippen LogP contribution in [-0.2, 0) is 16.2 Å². The number of carbonyl (C=O) groups is 2. The van der Waals surface area contributed by atoms with E-state index in [1.165, 1.54) is 17.0 Å². The summed E-state index contributed by atoms with van der Waals surface area (Å²) in [6.45, 7) is 4.25. The van der Waals surface area contributed by atoms with Crippen molar-refractivity contribution in [2.24, 2.45) is 0 Å². The highest BCUT2D eigenvalue weighted by atomic mass is 16.5. The van der Waals surface area contributed by atoms with Gasteiger partial charge in [0.05, 0.1) is 11.6 Å². The van der Waals surface area contributed by atoms with Crippen molar-refractivity contribution in [3.8, 4) is 11.5 Å². The van der Waals surface area contributed by atoms with Gasteiger partial charge in [0, 0.05) is 30.0 Å². The lowest BCUT2D eigenvalue weighted by Gasteiger charge is -2.26. The molecule has 2 saturated heterocycles. The van der Waals surface area contributed by atoms with E-state index in [0.717, 1.165) is 42.7 Å². The van der Waals surface area contributed by atoms with E-state index in [1.807, 2.05) is 61.5 Å². The predicted molar refractivity (Wildman–Crippen MR) is 163 cm³/mol. The fourth-order valence-corrected chi connectivity index (χ4v) is 5.72. The number of phenolic OH excluding ortho intramolecular Hbond substituents is 1. The van der Waals surface area contributed by atoms with Crippen LogP contribution in [0.5, 0.6) is 11.5 Å². The van der Waals surface area contributed by atoms with Gasteiger partial charge in [-0.15, -0.1) is 0 Å². The average Bonchev–Trinajstić information content (AvgIpc) is 3.64. The van der Waals surface area contributed by atoms with Crippen LogP contribution in [0.4, 0.5) is 11.4 Å². The van der Waals surface area contributed by atoms with Crippen molar-refractivity contribution in [2.45, 2.75) is 32.4 Å². The number of hydrogen-bond acceptors (Lipinski definition) is 6. The molecule has 2 aliphatic rings. The first-order valence-corrected chi connectivity index (χ1v) is 14.1. The van der Waals surface area contributed by atoms with E-state index < -0.39 is 17.7 Å². The van der Waals surface area contributed by atoms with Crippen LogP contribution < -0.4 is 14.5 Å². The first-order chi connectivity index (χ1) is 20.4. The minimum atomic E-state index is -0.877. The molecule has 0 aromatic heterocycles. The molecule has 0 aliphatic carbocycles. The number of amides is 1. The molecule has 2 aliphatic heterocycles. The number of rotatable bonds is 7. The van der Waals surface area contributed by atoms with E-state index in [-0.39, 0.29) is 17.1 Å². The summed E-state index contributed by atoms with van der Waals surface area (Å²) in [5.74, 6) is -1.03. The molecule has 0 bridgehead atoms. The molecule has 1 unspecified atom stereocenters. The fourth-order valence-electron chi connectivity index (χ4n) is 5.72. The number of aryl methyl sites for hydroxylation is 1. The highest BCUT2D eigenvalue weighted by Crippen LogP contribution is 2.43. The molecular formula is C35H32N2O5. The van der Waals surface area contributed by atoms with Gasteiger partial charge in [-0.3, -0.25) is 14.5 Å². The number of nitrogens with zero attached hydrogens (tertiary/aromatic N) is 2. The van der Waals surface area contributed by atoms with Gasteiger partial charge in [0.25, 0.3) is 11.7 Å². The second-order valence-corrected chi connectivity index (χ2v) is 10.7. The lowest BCUT2D eigenvalue weighted by molar-refractivity contribution is -0.132. The van der Waals surface area contributed by atoms with Crippen LogP contribution in [0, 0.1) is 6.92 Å². The van der Waals surface area contributed by atoms with Crippen molar-refractivity contribution in [3.63, 3.8) is 0 Å². The van der Waals surface area contributed by atoms with Gasteiger partial charge in [-0.2, -0.15) is 0 Å². The molecule has 4 aromatic rings. The Morgan fingerprint density at radius 1 is 0.857 bits per heavy atom. The van der Waals surface area contributed by atoms with E-state index in [2.05, 4.69) is 4.90 Å². The maximum Gasteiger partial charge on any atom is 0.300 e. The number of carbonyl (C=O) groups excluding carboxylic acids is 2. The van der Waals surface area contributed by atoms with Crippen LogP contribution in [0.25, 0.3) is 5.76 Å². The van der Waals surface area contributed by atoms with Gasteiger partial charge in [-0.1, -0.05) is 42.5 Å². The molecule has 2 heterocycles. The zero-order valence-corrected chi connectivity index (χ0v) is 23.4. The van der Waals surface area contributed by atoms with Crippen LogP contribution in [0.3, 0.4) is 0 Å². The Balaban J connectivity index is 1.36. The Morgan fingerprint density at radius 2 is 1.52 bits per heavy atom. The molecule has 0 spiro atoms. The molecule has 4 aromatic carbocycles. The van der Waals surface area contributed by atoms with E-state index in [0.29, 0.717) is 29.2 Å². The number of aromatic hydroxyl groups is 1. The summed E-state index contributed by atoms with van der Waals surface area (Å²) in [5, 5.41) is 21.5. The van der Waals surface area contributed by atoms with Crippen molar-refractivity contribution in [3.05, 3.63) is 125 Å². The Morgan fingerprint density at radius 3 is 2.19 bits per heavy atom. The van der Waals surface area contributed by atoms with Gasteiger partial charge in [0.1, 0.15) is 23.9 Å². The number of aliphatic hydroxyl groups excluding tert-OH is 1. The number of ether oxygens (including phenoxy) is 1. The zero-order chi connectivity index (χ0) is 29.2. The molecule has 0 saturated carbocycles. The Labute approximate surface area is 244 Å². The smallest absolute Gasteiger partial charge is 0.300 e. The van der Waals surface area contributed by atoms with E-state index >= 15 is 0 Å². The molecule has 42 heavy (non-hydrogen) atoms. The Kier molecular flexibility index (Phi) is 7.40. The molecule has 7 heteroatoms. The highest BCUT2D eigenvalue weighted by Gasteiger charge is 2.47. The van der Waals surface area contributed by atoms with Gasteiger partial charge in [-0.05, 0) is 91.1 Å². The minimum absolute atomic E-state index is 0.00772. The molecule has 6 rings (SSSR count). The highest BCUT2D eigenvalue weighted by molar-refractivity contribution is 6.51. The molecule has 212 valence electrons. The maximum atomic E-state index is 13.6. The van der Waals surface area contributed by atoms with Gasteiger partial charge in [0.2, 0.25) is 0 Å². The second kappa shape index (κ2) is 11.4. The standard InChI is InChI=1S/C35H32N2O5/c1-23-21-26(11-18-30(23)42-22-24-7-3-2-4-8-24)33(39)31-32(25-9-16-29(38)17-10-25)37(35(41)34(31)40)28-14-12-27(13-15-28)36-19-5-6-20-36/h2-4,7-18,21,32,38-39H,5-6,19-20,22H2,1H3/b33-31-. The van der Waals surface area contributed by atoms with Crippen molar-refractivity contribution < 1.29 is 24.5 Å². The van der Waals surface area contributed by atoms with Crippen LogP contribution in [0.2, 0.25) is 0 Å². The molecule has 0 radical (unpaired) electrons. The zero-order valence-electron chi connectivity index (χ0n) is 23.4. The summed E-state index contributed by atoms with van der Waals surface area (Å²) < 4.78 is 5.99. The van der Waals surface area contributed by atoms with Gasteiger partial charge < -0.3 is 19.8 Å². The molecule has 1 amide bonds. The number of benzene rings is 4. The summed E-state index contributed by atoms with van der Waals surface area (Å²) in [6, 6.07) is 28.1. The van der Waals surface area contributed by atoms with Crippen molar-refractivity contribution >= 4 is 28.8 Å². The summed E-state index contributed by atoms with van der Waals surface area (Å²) in [6.07, 6.45) is 2.30. The summed E-state index contributed by atoms with van der Waals surface area (Å²) in [4.78, 5) is 30.8. The number of ketones is 1. The molecular weight excluding hydrogens is 528 g/mol. The Bertz CT molecular complexity index is 1640. The minimum Gasteiger partial charge on any atom is -0.508 e. The lowest BCUT2D eigenvalue weighted by atomic mass is 9.94. The normalized spacial score (nSPS) is 18.1.